The molecule has 1 aliphatic carbocycles. The first-order chi connectivity index (χ1) is 8.29. The molecule has 1 atom stereocenters. The van der Waals surface area contributed by atoms with Crippen molar-refractivity contribution in [2.24, 2.45) is 5.92 Å². The van der Waals surface area contributed by atoms with Crippen molar-refractivity contribution in [2.45, 2.75) is 31.8 Å². The average molecular weight is 231 g/mol. The van der Waals surface area contributed by atoms with E-state index in [0.717, 1.165) is 17.9 Å². The van der Waals surface area contributed by atoms with Gasteiger partial charge in [-0.2, -0.15) is 5.26 Å². The van der Waals surface area contributed by atoms with Crippen molar-refractivity contribution in [2.75, 3.05) is 6.61 Å². The topological polar surface area (TPSA) is 53.2 Å². The molecule has 1 aromatic carbocycles. The Hall–Kier alpha value is -1.53. The van der Waals surface area contributed by atoms with E-state index in [1.165, 1.54) is 19.3 Å². The lowest BCUT2D eigenvalue weighted by Gasteiger charge is -2.25. The number of aliphatic hydroxyl groups excluding tert-OH is 1. The summed E-state index contributed by atoms with van der Waals surface area (Å²) in [5, 5.41) is 18.2. The SMILES string of the molecule is N#CCC(O)c1cccc(OCC2CCC2)c1. The maximum Gasteiger partial charge on any atom is 0.119 e. The molecule has 1 unspecified atom stereocenters. The summed E-state index contributed by atoms with van der Waals surface area (Å²) in [6, 6.07) is 9.34. The largest absolute Gasteiger partial charge is 0.493 e. The third-order valence-electron chi connectivity index (χ3n) is 3.24. The molecule has 1 aliphatic rings. The molecule has 3 heteroatoms. The van der Waals surface area contributed by atoms with Crippen LogP contribution in [0.3, 0.4) is 0 Å². The van der Waals surface area contributed by atoms with E-state index in [-0.39, 0.29) is 6.42 Å². The van der Waals surface area contributed by atoms with Crippen LogP contribution in [0, 0.1) is 17.2 Å². The lowest BCUT2D eigenvalue weighted by atomic mass is 9.86. The monoisotopic (exact) mass is 231 g/mol. The van der Waals surface area contributed by atoms with E-state index in [2.05, 4.69) is 0 Å². The molecular weight excluding hydrogens is 214 g/mol. The Balaban J connectivity index is 1.93. The Morgan fingerprint density at radius 3 is 2.94 bits per heavy atom. The van der Waals surface area contributed by atoms with Gasteiger partial charge in [0.1, 0.15) is 5.75 Å². The van der Waals surface area contributed by atoms with E-state index in [1.54, 1.807) is 0 Å². The fourth-order valence-corrected chi connectivity index (χ4v) is 1.89. The van der Waals surface area contributed by atoms with Crippen molar-refractivity contribution in [1.82, 2.24) is 0 Å². The molecule has 0 bridgehead atoms. The summed E-state index contributed by atoms with van der Waals surface area (Å²) in [5.74, 6) is 1.48. The van der Waals surface area contributed by atoms with Crippen LogP contribution in [0.2, 0.25) is 0 Å². The van der Waals surface area contributed by atoms with Gasteiger partial charge in [0.25, 0.3) is 0 Å². The minimum absolute atomic E-state index is 0.117. The summed E-state index contributed by atoms with van der Waals surface area (Å²) in [4.78, 5) is 0. The van der Waals surface area contributed by atoms with Gasteiger partial charge in [0.05, 0.1) is 25.2 Å². The Morgan fingerprint density at radius 2 is 2.29 bits per heavy atom. The van der Waals surface area contributed by atoms with Crippen LogP contribution in [0.4, 0.5) is 0 Å². The molecule has 3 nitrogen and oxygen atoms in total. The van der Waals surface area contributed by atoms with Crippen LogP contribution in [-0.4, -0.2) is 11.7 Å². The summed E-state index contributed by atoms with van der Waals surface area (Å²) in [6.45, 7) is 0.762. The highest BCUT2D eigenvalue weighted by atomic mass is 16.5. The summed E-state index contributed by atoms with van der Waals surface area (Å²) in [5.41, 5.74) is 0.748. The molecule has 0 saturated heterocycles. The van der Waals surface area contributed by atoms with Crippen LogP contribution in [0.15, 0.2) is 24.3 Å². The van der Waals surface area contributed by atoms with Gasteiger partial charge >= 0.3 is 0 Å². The first kappa shape index (κ1) is 11.9. The van der Waals surface area contributed by atoms with Crippen molar-refractivity contribution >= 4 is 0 Å². The molecule has 0 aliphatic heterocycles. The molecule has 90 valence electrons. The molecule has 17 heavy (non-hydrogen) atoms. The molecule has 1 fully saturated rings. The first-order valence-corrected chi connectivity index (χ1v) is 6.07. The van der Waals surface area contributed by atoms with Crippen LogP contribution < -0.4 is 4.74 Å². The van der Waals surface area contributed by atoms with Gasteiger partial charge in [-0.3, -0.25) is 0 Å². The summed E-state index contributed by atoms with van der Waals surface area (Å²) in [7, 11) is 0. The van der Waals surface area contributed by atoms with Crippen LogP contribution in [0.25, 0.3) is 0 Å². The van der Waals surface area contributed by atoms with E-state index in [0.29, 0.717) is 5.92 Å². The zero-order valence-corrected chi connectivity index (χ0v) is 9.80. The summed E-state index contributed by atoms with van der Waals surface area (Å²) in [6.07, 6.45) is 3.24. The zero-order valence-electron chi connectivity index (χ0n) is 9.80. The minimum Gasteiger partial charge on any atom is -0.493 e. The number of hydrogen-bond donors (Lipinski definition) is 1. The zero-order chi connectivity index (χ0) is 12.1. The van der Waals surface area contributed by atoms with Crippen LogP contribution in [-0.2, 0) is 0 Å². The molecule has 0 heterocycles. The summed E-state index contributed by atoms with van der Waals surface area (Å²) < 4.78 is 5.68. The Morgan fingerprint density at radius 1 is 1.47 bits per heavy atom. The summed E-state index contributed by atoms with van der Waals surface area (Å²) >= 11 is 0. The van der Waals surface area contributed by atoms with Gasteiger partial charge in [-0.25, -0.2) is 0 Å². The molecule has 1 saturated carbocycles. The molecule has 0 amide bonds. The van der Waals surface area contributed by atoms with E-state index in [4.69, 9.17) is 10.00 Å². The second-order valence-electron chi connectivity index (χ2n) is 4.56. The third kappa shape index (κ3) is 3.21. The predicted octanol–water partition coefficient (Wildman–Crippen LogP) is 2.81. The second kappa shape index (κ2) is 5.70. The number of hydrogen-bond acceptors (Lipinski definition) is 3. The van der Waals surface area contributed by atoms with Gasteiger partial charge in [-0.1, -0.05) is 18.6 Å². The van der Waals surface area contributed by atoms with Gasteiger partial charge in [0, 0.05) is 0 Å². The van der Waals surface area contributed by atoms with Crippen LogP contribution in [0.1, 0.15) is 37.4 Å². The van der Waals surface area contributed by atoms with Gasteiger partial charge < -0.3 is 9.84 Å². The lowest BCUT2D eigenvalue weighted by molar-refractivity contribution is 0.174. The second-order valence-corrected chi connectivity index (χ2v) is 4.56. The molecule has 1 aromatic rings. The fourth-order valence-electron chi connectivity index (χ4n) is 1.89. The number of ether oxygens (including phenoxy) is 1. The van der Waals surface area contributed by atoms with E-state index in [9.17, 15) is 5.11 Å². The van der Waals surface area contributed by atoms with Crippen molar-refractivity contribution in [3.05, 3.63) is 29.8 Å². The highest BCUT2D eigenvalue weighted by molar-refractivity contribution is 5.30. The van der Waals surface area contributed by atoms with Gasteiger partial charge in [-0.15, -0.1) is 0 Å². The molecule has 0 spiro atoms. The van der Waals surface area contributed by atoms with E-state index < -0.39 is 6.10 Å². The lowest BCUT2D eigenvalue weighted by Crippen LogP contribution is -2.19. The van der Waals surface area contributed by atoms with Crippen LogP contribution >= 0.6 is 0 Å². The number of aliphatic hydroxyl groups is 1. The molecule has 0 aromatic heterocycles. The van der Waals surface area contributed by atoms with E-state index in [1.807, 2.05) is 30.3 Å². The third-order valence-corrected chi connectivity index (χ3v) is 3.24. The van der Waals surface area contributed by atoms with Crippen molar-refractivity contribution in [1.29, 1.82) is 5.26 Å². The predicted molar refractivity (Wildman–Crippen MR) is 64.5 cm³/mol. The van der Waals surface area contributed by atoms with Gasteiger partial charge in [0.2, 0.25) is 0 Å². The van der Waals surface area contributed by atoms with Crippen molar-refractivity contribution in [3.8, 4) is 11.8 Å². The number of nitriles is 1. The maximum atomic E-state index is 9.70. The molecule has 0 radical (unpaired) electrons. The normalized spacial score (nSPS) is 16.9. The highest BCUT2D eigenvalue weighted by Crippen LogP contribution is 2.28. The molecular formula is C14H17NO2. The Labute approximate surface area is 102 Å². The Kier molecular flexibility index (Phi) is 4.00. The number of benzene rings is 1. The Bertz CT molecular complexity index is 407. The highest BCUT2D eigenvalue weighted by Gasteiger charge is 2.18. The minimum atomic E-state index is -0.716. The van der Waals surface area contributed by atoms with Crippen LogP contribution in [0.5, 0.6) is 5.75 Å². The van der Waals surface area contributed by atoms with Gasteiger partial charge in [-0.05, 0) is 36.5 Å². The van der Waals surface area contributed by atoms with E-state index >= 15 is 0 Å². The number of nitrogens with zero attached hydrogens (tertiary/aromatic N) is 1. The van der Waals surface area contributed by atoms with Gasteiger partial charge in [0.15, 0.2) is 0 Å². The average Bonchev–Trinajstić information content (AvgIpc) is 2.28. The van der Waals surface area contributed by atoms with Crippen molar-refractivity contribution < 1.29 is 9.84 Å². The molecule has 2 rings (SSSR count). The molecule has 1 N–H and O–H groups in total. The number of rotatable bonds is 5. The first-order valence-electron chi connectivity index (χ1n) is 6.07. The quantitative estimate of drug-likeness (QED) is 0.847. The standard InChI is InChI=1S/C14H17NO2/c15-8-7-14(16)12-5-2-6-13(9-12)17-10-11-3-1-4-11/h2,5-6,9,11,14,16H,1,3-4,7,10H2. The maximum absolute atomic E-state index is 9.70. The fraction of sp³-hybridized carbons (Fsp3) is 0.500. The van der Waals surface area contributed by atoms with Crippen molar-refractivity contribution in [3.63, 3.8) is 0 Å². The smallest absolute Gasteiger partial charge is 0.119 e.